The van der Waals surface area contributed by atoms with E-state index in [0.717, 1.165) is 11.1 Å². The number of rotatable bonds is 7. The van der Waals surface area contributed by atoms with Crippen LogP contribution < -0.4 is 20.5 Å². The van der Waals surface area contributed by atoms with Gasteiger partial charge >= 0.3 is 0 Å². The van der Waals surface area contributed by atoms with Crippen LogP contribution in [-0.2, 0) is 7.05 Å². The highest BCUT2D eigenvalue weighted by atomic mass is 35.5. The molecule has 214 valence electrons. The molecule has 4 heterocycles. The van der Waals surface area contributed by atoms with Crippen molar-refractivity contribution in [1.82, 2.24) is 29.0 Å². The standard InChI is InChI=1S/C28H30ClFN8O2S/c1-13-8-16(14(2)32-21-6-7-22(29)33-24(21)26(39)35-41-5)23-17(9-13)27(40)36(4)28(34-23)37-11-18-19(12-37)25(18)38-15(3)20(30)10-31-38/h6-10,14,18-19,25,32H,11-12H2,1-5H3,(H,35,39). The second kappa shape index (κ2) is 10.3. The summed E-state index contributed by atoms with van der Waals surface area (Å²) in [6, 6.07) is 7.06. The Kier molecular flexibility index (Phi) is 6.93. The average Bonchev–Trinajstić information content (AvgIpc) is 3.23. The van der Waals surface area contributed by atoms with Crippen molar-refractivity contribution in [3.8, 4) is 0 Å². The summed E-state index contributed by atoms with van der Waals surface area (Å²) in [5, 5.41) is 8.37. The van der Waals surface area contributed by atoms with Gasteiger partial charge in [0.1, 0.15) is 5.15 Å². The minimum Gasteiger partial charge on any atom is -0.377 e. The second-order valence-corrected chi connectivity index (χ2v) is 11.8. The zero-order valence-corrected chi connectivity index (χ0v) is 24.8. The van der Waals surface area contributed by atoms with E-state index in [1.807, 2.05) is 26.0 Å². The summed E-state index contributed by atoms with van der Waals surface area (Å²) in [6.45, 7) is 7.07. The molecule has 3 unspecified atom stereocenters. The van der Waals surface area contributed by atoms with E-state index in [-0.39, 0.29) is 40.2 Å². The monoisotopic (exact) mass is 596 g/mol. The number of fused-ring (bicyclic) bond motifs is 2. The summed E-state index contributed by atoms with van der Waals surface area (Å²) in [5.41, 5.74) is 3.48. The van der Waals surface area contributed by atoms with Crippen LogP contribution in [0.4, 0.5) is 16.0 Å². The number of carbonyl (C=O) groups is 1. The quantitative estimate of drug-likeness (QED) is 0.238. The van der Waals surface area contributed by atoms with Crippen LogP contribution in [0.5, 0.6) is 0 Å². The van der Waals surface area contributed by atoms with Gasteiger partial charge in [0.15, 0.2) is 11.5 Å². The SMILES string of the molecule is CSNC(=O)c1nc(Cl)ccc1NC(C)c1cc(C)cc2c(=O)n(C)c(N3CC4C(C3)C4n3ncc(F)c3C)nc12. The highest BCUT2D eigenvalue weighted by Crippen LogP contribution is 2.56. The van der Waals surface area contributed by atoms with E-state index < -0.39 is 0 Å². The smallest absolute Gasteiger partial charge is 0.281 e. The number of piperidine rings is 1. The number of anilines is 2. The van der Waals surface area contributed by atoms with E-state index in [0.29, 0.717) is 53.2 Å². The van der Waals surface area contributed by atoms with Gasteiger partial charge < -0.3 is 10.2 Å². The van der Waals surface area contributed by atoms with Crippen molar-refractivity contribution in [2.75, 3.05) is 29.6 Å². The molecule has 2 N–H and O–H groups in total. The molecule has 1 amide bonds. The van der Waals surface area contributed by atoms with Crippen LogP contribution in [0.15, 0.2) is 35.3 Å². The number of pyridine rings is 1. The van der Waals surface area contributed by atoms with Gasteiger partial charge in [-0.05, 0) is 44.5 Å². The topological polar surface area (TPSA) is 110 Å². The number of hydrogen-bond donors (Lipinski definition) is 2. The van der Waals surface area contributed by atoms with Crippen molar-refractivity contribution < 1.29 is 9.18 Å². The van der Waals surface area contributed by atoms with Gasteiger partial charge in [0.05, 0.1) is 40.6 Å². The van der Waals surface area contributed by atoms with Gasteiger partial charge in [-0.3, -0.25) is 23.6 Å². The largest absolute Gasteiger partial charge is 0.377 e. The lowest BCUT2D eigenvalue weighted by molar-refractivity contribution is 0.0980. The number of nitrogens with one attached hydrogen (secondary N) is 2. The molecule has 0 spiro atoms. The summed E-state index contributed by atoms with van der Waals surface area (Å²) in [4.78, 5) is 37.7. The number of hydrogen-bond acceptors (Lipinski definition) is 8. The van der Waals surface area contributed by atoms with Gasteiger partial charge in [0.25, 0.3) is 11.5 Å². The minimum absolute atomic E-state index is 0.127. The molecule has 1 aromatic carbocycles. The molecule has 2 fully saturated rings. The first-order valence-electron chi connectivity index (χ1n) is 13.3. The Labute approximate surface area is 245 Å². The van der Waals surface area contributed by atoms with E-state index in [1.54, 1.807) is 41.6 Å². The second-order valence-electron chi connectivity index (χ2n) is 10.8. The fraction of sp³-hybridized carbons (Fsp3) is 0.393. The van der Waals surface area contributed by atoms with E-state index in [1.165, 1.54) is 18.1 Å². The molecule has 1 aliphatic carbocycles. The first kappa shape index (κ1) is 27.5. The normalized spacial score (nSPS) is 20.3. The lowest BCUT2D eigenvalue weighted by atomic mass is 10.0. The molecule has 41 heavy (non-hydrogen) atoms. The first-order chi connectivity index (χ1) is 19.6. The molecule has 1 saturated heterocycles. The van der Waals surface area contributed by atoms with Crippen LogP contribution in [0.25, 0.3) is 10.9 Å². The molecular formula is C28H30ClFN8O2S. The Balaban J connectivity index is 1.33. The maximum absolute atomic E-state index is 13.9. The van der Waals surface area contributed by atoms with Crippen molar-refractivity contribution in [2.24, 2.45) is 18.9 Å². The number of nitrogens with zero attached hydrogens (tertiary/aromatic N) is 6. The highest BCUT2D eigenvalue weighted by molar-refractivity contribution is 7.97. The predicted molar refractivity (Wildman–Crippen MR) is 159 cm³/mol. The Bertz CT molecular complexity index is 1750. The van der Waals surface area contributed by atoms with Crippen LogP contribution >= 0.6 is 23.5 Å². The molecule has 0 bridgehead atoms. The van der Waals surface area contributed by atoms with Crippen molar-refractivity contribution in [3.05, 3.63) is 74.3 Å². The maximum Gasteiger partial charge on any atom is 0.281 e. The van der Waals surface area contributed by atoms with Gasteiger partial charge in [0, 0.05) is 43.8 Å². The fourth-order valence-electron chi connectivity index (χ4n) is 6.06. The highest BCUT2D eigenvalue weighted by Gasteiger charge is 2.58. The molecule has 4 aromatic rings. The lowest BCUT2D eigenvalue weighted by Gasteiger charge is -2.25. The molecule has 13 heteroatoms. The molecule has 3 aromatic heterocycles. The Morgan fingerprint density at radius 3 is 2.59 bits per heavy atom. The molecule has 0 radical (unpaired) electrons. The van der Waals surface area contributed by atoms with Crippen LogP contribution in [0, 0.1) is 31.5 Å². The number of amides is 1. The third kappa shape index (κ3) is 4.72. The number of aryl methyl sites for hydroxylation is 1. The van der Waals surface area contributed by atoms with Gasteiger partial charge in [-0.2, -0.15) is 5.10 Å². The van der Waals surface area contributed by atoms with E-state index in [2.05, 4.69) is 25.0 Å². The van der Waals surface area contributed by atoms with E-state index in [4.69, 9.17) is 16.6 Å². The van der Waals surface area contributed by atoms with Crippen LogP contribution in [-0.4, -0.2) is 49.6 Å². The van der Waals surface area contributed by atoms with E-state index in [9.17, 15) is 14.0 Å². The van der Waals surface area contributed by atoms with Crippen molar-refractivity contribution in [1.29, 1.82) is 0 Å². The van der Waals surface area contributed by atoms with Crippen LogP contribution in [0.1, 0.15) is 46.3 Å². The minimum atomic E-state index is -0.364. The van der Waals surface area contributed by atoms with Gasteiger partial charge in [-0.15, -0.1) is 0 Å². The summed E-state index contributed by atoms with van der Waals surface area (Å²) >= 11 is 7.27. The maximum atomic E-state index is 13.9. The van der Waals surface area contributed by atoms with Gasteiger partial charge in [-0.1, -0.05) is 29.6 Å². The van der Waals surface area contributed by atoms with Crippen molar-refractivity contribution >= 4 is 52.0 Å². The van der Waals surface area contributed by atoms with Gasteiger partial charge in [-0.25, -0.2) is 14.4 Å². The van der Waals surface area contributed by atoms with Crippen molar-refractivity contribution in [3.63, 3.8) is 0 Å². The molecule has 2 aliphatic rings. The number of benzene rings is 1. The number of carbonyl (C=O) groups excluding carboxylic acids is 1. The fourth-order valence-corrected chi connectivity index (χ4v) is 6.48. The van der Waals surface area contributed by atoms with Crippen molar-refractivity contribution in [2.45, 2.75) is 32.9 Å². The van der Waals surface area contributed by atoms with Crippen LogP contribution in [0.2, 0.25) is 5.15 Å². The summed E-state index contributed by atoms with van der Waals surface area (Å²) in [5.74, 6) is 0.588. The molecular weight excluding hydrogens is 567 g/mol. The molecule has 6 rings (SSSR count). The predicted octanol–water partition coefficient (Wildman–Crippen LogP) is 4.42. The van der Waals surface area contributed by atoms with E-state index >= 15 is 0 Å². The molecule has 10 nitrogen and oxygen atoms in total. The summed E-state index contributed by atoms with van der Waals surface area (Å²) in [7, 11) is 1.75. The third-order valence-corrected chi connectivity index (χ3v) is 8.74. The number of aromatic nitrogens is 5. The third-order valence-electron chi connectivity index (χ3n) is 8.14. The summed E-state index contributed by atoms with van der Waals surface area (Å²) < 4.78 is 20.0. The lowest BCUT2D eigenvalue weighted by Crippen LogP contribution is -2.33. The Morgan fingerprint density at radius 2 is 1.93 bits per heavy atom. The molecule has 3 atom stereocenters. The first-order valence-corrected chi connectivity index (χ1v) is 14.9. The molecule has 1 saturated carbocycles. The average molecular weight is 597 g/mol. The van der Waals surface area contributed by atoms with Gasteiger partial charge in [0.2, 0.25) is 5.95 Å². The number of halogens is 2. The Morgan fingerprint density at radius 1 is 1.20 bits per heavy atom. The Hall–Kier alpha value is -3.64. The van der Waals surface area contributed by atoms with Crippen LogP contribution in [0.3, 0.4) is 0 Å². The zero-order chi connectivity index (χ0) is 29.2. The summed E-state index contributed by atoms with van der Waals surface area (Å²) in [6.07, 6.45) is 3.02. The zero-order valence-electron chi connectivity index (χ0n) is 23.3. The molecule has 1 aliphatic heterocycles.